The number of primary amides is 1. The van der Waals surface area contributed by atoms with E-state index in [4.69, 9.17) is 16.2 Å². The van der Waals surface area contributed by atoms with E-state index < -0.39 is 5.91 Å². The van der Waals surface area contributed by atoms with Gasteiger partial charge in [-0.2, -0.15) is 0 Å². The van der Waals surface area contributed by atoms with Gasteiger partial charge < -0.3 is 21.5 Å². The van der Waals surface area contributed by atoms with Crippen LogP contribution in [-0.2, 0) is 4.79 Å². The van der Waals surface area contributed by atoms with Crippen molar-refractivity contribution in [3.8, 4) is 5.75 Å². The number of rotatable bonds is 4. The van der Waals surface area contributed by atoms with E-state index in [9.17, 15) is 9.59 Å². The van der Waals surface area contributed by atoms with Gasteiger partial charge >= 0.3 is 0 Å². The van der Waals surface area contributed by atoms with E-state index in [1.54, 1.807) is 6.07 Å². The number of benzene rings is 1. The Morgan fingerprint density at radius 1 is 1.44 bits per heavy atom. The van der Waals surface area contributed by atoms with E-state index in [1.807, 2.05) is 0 Å². The first kappa shape index (κ1) is 11.8. The summed E-state index contributed by atoms with van der Waals surface area (Å²) in [5.41, 5.74) is 11.3. The van der Waals surface area contributed by atoms with Crippen molar-refractivity contribution in [2.75, 3.05) is 19.4 Å². The van der Waals surface area contributed by atoms with Gasteiger partial charge in [-0.15, -0.1) is 0 Å². The maximum Gasteiger partial charge on any atom is 0.255 e. The molecule has 86 valence electrons. The molecule has 0 radical (unpaired) electrons. The molecule has 5 N–H and O–H groups in total. The number of nitrogen functional groups attached to an aromatic ring is 1. The van der Waals surface area contributed by atoms with Gasteiger partial charge in [0, 0.05) is 12.6 Å². The third-order valence-corrected chi connectivity index (χ3v) is 1.87. The van der Waals surface area contributed by atoms with Crippen LogP contribution in [0.4, 0.5) is 5.69 Å². The van der Waals surface area contributed by atoms with Gasteiger partial charge in [-0.05, 0) is 18.2 Å². The average molecular weight is 223 g/mol. The van der Waals surface area contributed by atoms with E-state index in [2.05, 4.69) is 5.32 Å². The summed E-state index contributed by atoms with van der Waals surface area (Å²) in [5.74, 6) is -0.603. The van der Waals surface area contributed by atoms with Crippen LogP contribution < -0.4 is 21.5 Å². The van der Waals surface area contributed by atoms with Crippen molar-refractivity contribution in [2.24, 2.45) is 5.73 Å². The molecule has 1 rings (SSSR count). The van der Waals surface area contributed by atoms with E-state index in [-0.39, 0.29) is 18.3 Å². The predicted octanol–water partition coefficient (Wildman–Crippen LogP) is -0.507. The van der Waals surface area contributed by atoms with E-state index >= 15 is 0 Å². The Labute approximate surface area is 92.6 Å². The second kappa shape index (κ2) is 5.01. The van der Waals surface area contributed by atoms with E-state index in [0.29, 0.717) is 11.3 Å². The summed E-state index contributed by atoms with van der Waals surface area (Å²) in [7, 11) is 1.52. The lowest BCUT2D eigenvalue weighted by Crippen LogP contribution is -2.21. The van der Waals surface area contributed by atoms with Gasteiger partial charge in [0.15, 0.2) is 6.61 Å². The number of hydrogen-bond donors (Lipinski definition) is 3. The molecule has 0 aliphatic rings. The zero-order chi connectivity index (χ0) is 12.1. The first-order valence-electron chi connectivity index (χ1n) is 4.57. The Morgan fingerprint density at radius 3 is 2.69 bits per heavy atom. The molecule has 0 aromatic heterocycles. The van der Waals surface area contributed by atoms with Crippen LogP contribution in [0.25, 0.3) is 0 Å². The summed E-state index contributed by atoms with van der Waals surface area (Å²) in [4.78, 5) is 21.9. The number of anilines is 1. The van der Waals surface area contributed by atoms with Crippen LogP contribution in [0.3, 0.4) is 0 Å². The topological polar surface area (TPSA) is 107 Å². The highest BCUT2D eigenvalue weighted by atomic mass is 16.5. The van der Waals surface area contributed by atoms with Gasteiger partial charge in [-0.1, -0.05) is 0 Å². The number of nitrogens with two attached hydrogens (primary N) is 2. The average Bonchev–Trinajstić information content (AvgIpc) is 2.26. The fourth-order valence-corrected chi connectivity index (χ4v) is 1.09. The van der Waals surface area contributed by atoms with Gasteiger partial charge in [0.2, 0.25) is 0 Å². The lowest BCUT2D eigenvalue weighted by Gasteiger charge is -2.08. The van der Waals surface area contributed by atoms with Crippen molar-refractivity contribution in [3.05, 3.63) is 23.8 Å². The molecule has 0 aliphatic heterocycles. The summed E-state index contributed by atoms with van der Waals surface area (Å²) in [6.45, 7) is -0.276. The minimum absolute atomic E-state index is 0.260. The Hall–Kier alpha value is -2.24. The van der Waals surface area contributed by atoms with E-state index in [1.165, 1.54) is 19.2 Å². The lowest BCUT2D eigenvalue weighted by molar-refractivity contribution is -0.119. The summed E-state index contributed by atoms with van der Waals surface area (Å²) < 4.78 is 5.05. The number of nitrogens with one attached hydrogen (secondary N) is 1. The maximum atomic E-state index is 11.3. The molecule has 2 amide bonds. The zero-order valence-electron chi connectivity index (χ0n) is 8.82. The molecule has 0 unspecified atom stereocenters. The van der Waals surface area contributed by atoms with Crippen LogP contribution in [0.15, 0.2) is 18.2 Å². The lowest BCUT2D eigenvalue weighted by atomic mass is 10.2. The van der Waals surface area contributed by atoms with Crippen LogP contribution >= 0.6 is 0 Å². The molecule has 0 aliphatic carbocycles. The molecule has 0 atom stereocenters. The van der Waals surface area contributed by atoms with Crippen LogP contribution in [0.2, 0.25) is 0 Å². The number of amides is 2. The zero-order valence-corrected chi connectivity index (χ0v) is 8.82. The second-order valence-corrected chi connectivity index (χ2v) is 3.09. The summed E-state index contributed by atoms with van der Waals surface area (Å²) >= 11 is 0. The van der Waals surface area contributed by atoms with Gasteiger partial charge in [-0.3, -0.25) is 9.59 Å². The fraction of sp³-hybridized carbons (Fsp3) is 0.200. The normalized spacial score (nSPS) is 9.56. The minimum atomic E-state index is -0.607. The largest absolute Gasteiger partial charge is 0.482 e. The molecule has 1 aromatic rings. The minimum Gasteiger partial charge on any atom is -0.482 e. The Balaban J connectivity index is 2.90. The van der Waals surface area contributed by atoms with Crippen LogP contribution in [0, 0.1) is 0 Å². The van der Waals surface area contributed by atoms with Crippen molar-refractivity contribution >= 4 is 17.5 Å². The van der Waals surface area contributed by atoms with Crippen molar-refractivity contribution in [2.45, 2.75) is 0 Å². The van der Waals surface area contributed by atoms with Crippen LogP contribution in [0.1, 0.15) is 10.4 Å². The molecule has 0 spiro atoms. The monoisotopic (exact) mass is 223 g/mol. The number of carbonyl (C=O) groups excluding carboxylic acids is 2. The van der Waals surface area contributed by atoms with Gasteiger partial charge in [0.05, 0.1) is 5.69 Å². The molecule has 6 nitrogen and oxygen atoms in total. The predicted molar refractivity (Wildman–Crippen MR) is 58.9 cm³/mol. The first-order chi connectivity index (χ1) is 7.54. The summed E-state index contributed by atoms with van der Waals surface area (Å²) in [6.07, 6.45) is 0. The number of ether oxygens (including phenoxy) is 1. The molecule has 0 heterocycles. The van der Waals surface area contributed by atoms with Crippen molar-refractivity contribution < 1.29 is 14.3 Å². The molecule has 0 bridgehead atoms. The maximum absolute atomic E-state index is 11.3. The molecule has 0 saturated carbocycles. The molecule has 6 heteroatoms. The second-order valence-electron chi connectivity index (χ2n) is 3.09. The highest BCUT2D eigenvalue weighted by Crippen LogP contribution is 2.22. The molecule has 1 aromatic carbocycles. The highest BCUT2D eigenvalue weighted by Gasteiger charge is 2.08. The molecule has 0 saturated heterocycles. The smallest absolute Gasteiger partial charge is 0.255 e. The summed E-state index contributed by atoms with van der Waals surface area (Å²) in [5, 5.41) is 2.47. The molecular weight excluding hydrogens is 210 g/mol. The summed E-state index contributed by atoms with van der Waals surface area (Å²) in [6, 6.07) is 4.54. The number of carbonyl (C=O) groups is 2. The SMILES string of the molecule is CNC(=O)c1ccc(N)c(OCC(N)=O)c1. The van der Waals surface area contributed by atoms with Crippen molar-refractivity contribution in [1.29, 1.82) is 0 Å². The van der Waals surface area contributed by atoms with Crippen molar-refractivity contribution in [1.82, 2.24) is 5.32 Å². The third kappa shape index (κ3) is 2.88. The Kier molecular flexibility index (Phi) is 3.71. The van der Waals surface area contributed by atoms with E-state index in [0.717, 1.165) is 0 Å². The van der Waals surface area contributed by atoms with Gasteiger partial charge in [-0.25, -0.2) is 0 Å². The standard InChI is InChI=1S/C10H13N3O3/c1-13-10(15)6-2-3-7(11)8(4-6)16-5-9(12)14/h2-4H,5,11H2,1H3,(H2,12,14)(H,13,15). The van der Waals surface area contributed by atoms with Gasteiger partial charge in [0.1, 0.15) is 5.75 Å². The fourth-order valence-electron chi connectivity index (χ4n) is 1.09. The number of hydrogen-bond acceptors (Lipinski definition) is 4. The third-order valence-electron chi connectivity index (χ3n) is 1.87. The Morgan fingerprint density at radius 2 is 2.12 bits per heavy atom. The van der Waals surface area contributed by atoms with Crippen molar-refractivity contribution in [3.63, 3.8) is 0 Å². The molecule has 16 heavy (non-hydrogen) atoms. The Bertz CT molecular complexity index is 418. The highest BCUT2D eigenvalue weighted by molar-refractivity contribution is 5.95. The quantitative estimate of drug-likeness (QED) is 0.597. The molecule has 0 fully saturated rings. The van der Waals surface area contributed by atoms with Gasteiger partial charge in [0.25, 0.3) is 11.8 Å². The van der Waals surface area contributed by atoms with Crippen LogP contribution in [0.5, 0.6) is 5.75 Å². The first-order valence-corrected chi connectivity index (χ1v) is 4.57. The van der Waals surface area contributed by atoms with Crippen LogP contribution in [-0.4, -0.2) is 25.5 Å². The molecular formula is C10H13N3O3.